The number of unbranched alkanes of at least 4 members (excludes halogenated alkanes) is 6. The molecule has 0 fully saturated rings. The summed E-state index contributed by atoms with van der Waals surface area (Å²) in [6.45, 7) is 9.23. The van der Waals surface area contributed by atoms with Crippen LogP contribution in [0.15, 0.2) is 42.5 Å². The van der Waals surface area contributed by atoms with Gasteiger partial charge in [0.1, 0.15) is 0 Å². The van der Waals surface area contributed by atoms with Gasteiger partial charge in [-0.1, -0.05) is 5.56 Å². The van der Waals surface area contributed by atoms with Crippen molar-refractivity contribution in [3.05, 3.63) is 48.0 Å². The Balaban J connectivity index is 2.36. The first-order valence-electron chi connectivity index (χ1n) is 13.8. The van der Waals surface area contributed by atoms with Gasteiger partial charge in [0.25, 0.3) is 0 Å². The fourth-order valence-corrected chi connectivity index (χ4v) is 4.81. The minimum atomic E-state index is -8.52. The first-order chi connectivity index (χ1) is 18.5. The van der Waals surface area contributed by atoms with Crippen LogP contribution in [0.3, 0.4) is 0 Å². The molecule has 0 saturated carbocycles. The van der Waals surface area contributed by atoms with E-state index in [0.29, 0.717) is 30.9 Å². The molecule has 11 heteroatoms. The number of ether oxygens (including phenoxy) is 2. The van der Waals surface area contributed by atoms with Crippen LogP contribution in [0.25, 0.3) is 0 Å². The third-order valence-corrected chi connectivity index (χ3v) is 7.33. The van der Waals surface area contributed by atoms with Crippen LogP contribution in [0, 0.1) is 6.92 Å². The van der Waals surface area contributed by atoms with Crippen molar-refractivity contribution >= 4 is 19.4 Å². The fraction of sp³-hybridized carbons (Fsp3) is 0.571. The van der Waals surface area contributed by atoms with E-state index >= 15 is 0 Å². The van der Waals surface area contributed by atoms with Crippen LogP contribution in [-0.2, 0) is 0 Å². The molecule has 0 aliphatic heterocycles. The Labute approximate surface area is 230 Å². The second kappa shape index (κ2) is 15.5. The zero-order valence-corrected chi connectivity index (χ0v) is 24.3. The SMILES string of the molecule is CCCCCCOc1cc(N(CCCCCC)C(C)COc2ccc(C)cc2)ccc1N(NF)P(F)(F)(F)F. The molecule has 2 aromatic carbocycles. The summed E-state index contributed by atoms with van der Waals surface area (Å²) in [6, 6.07) is 11.5. The molecule has 1 N–H and O–H groups in total. The third kappa shape index (κ3) is 11.0. The van der Waals surface area contributed by atoms with E-state index in [1.807, 2.05) is 49.9 Å². The molecule has 39 heavy (non-hydrogen) atoms. The molecule has 222 valence electrons. The second-order valence-electron chi connectivity index (χ2n) is 9.87. The molecule has 0 aromatic heterocycles. The van der Waals surface area contributed by atoms with Crippen molar-refractivity contribution in [1.29, 1.82) is 0 Å². The zero-order chi connectivity index (χ0) is 28.9. The number of rotatable bonds is 19. The standard InChI is InChI=1S/C28H43F5N3O2P/c1-5-7-9-11-19-35(24(4)22-38-26-16-13-23(3)14-17-26)25-15-18-27(36(34-29)39(30,31,32)33)28(21-25)37-20-12-10-8-6-2/h13-18,21,24,34H,5-12,19-20,22H2,1-4H3. The molecule has 0 radical (unpaired) electrons. The van der Waals surface area contributed by atoms with Gasteiger partial charge < -0.3 is 0 Å². The van der Waals surface area contributed by atoms with Gasteiger partial charge in [0.15, 0.2) is 0 Å². The van der Waals surface area contributed by atoms with E-state index in [0.717, 1.165) is 62.3 Å². The van der Waals surface area contributed by atoms with Crippen molar-refractivity contribution in [3.63, 3.8) is 0 Å². The van der Waals surface area contributed by atoms with Crippen LogP contribution >= 0.6 is 8.00 Å². The zero-order valence-electron chi connectivity index (χ0n) is 23.4. The van der Waals surface area contributed by atoms with E-state index in [4.69, 9.17) is 9.47 Å². The Morgan fingerprint density at radius 3 is 2.08 bits per heavy atom. The number of benzene rings is 2. The maximum absolute atomic E-state index is 13.7. The topological polar surface area (TPSA) is 37.0 Å². The van der Waals surface area contributed by atoms with Crippen molar-refractivity contribution in [2.45, 2.75) is 85.1 Å². The summed E-state index contributed by atoms with van der Waals surface area (Å²) in [4.78, 5) is 2.04. The Morgan fingerprint density at radius 1 is 0.846 bits per heavy atom. The van der Waals surface area contributed by atoms with Gasteiger partial charge >= 0.3 is 217 Å². The van der Waals surface area contributed by atoms with Crippen molar-refractivity contribution in [2.75, 3.05) is 29.4 Å². The normalized spacial score (nSPS) is 13.4. The van der Waals surface area contributed by atoms with Crippen molar-refractivity contribution < 1.29 is 30.7 Å². The molecule has 0 spiro atoms. The summed E-state index contributed by atoms with van der Waals surface area (Å²) < 4.78 is 78.8. The molecule has 0 bridgehead atoms. The molecule has 0 heterocycles. The van der Waals surface area contributed by atoms with E-state index in [2.05, 4.69) is 6.92 Å². The number of anilines is 2. The summed E-state index contributed by atoms with van der Waals surface area (Å²) in [5, 5.41) is 0. The molecular weight excluding hydrogens is 536 g/mol. The number of hydrogen-bond donors (Lipinski definition) is 1. The van der Waals surface area contributed by atoms with E-state index in [1.54, 1.807) is 0 Å². The molecule has 0 amide bonds. The monoisotopic (exact) mass is 579 g/mol. The first-order valence-corrected chi connectivity index (χ1v) is 15.5. The van der Waals surface area contributed by atoms with Crippen LogP contribution in [0.5, 0.6) is 11.5 Å². The molecule has 0 saturated heterocycles. The number of nitrogens with one attached hydrogen (secondary N) is 1. The van der Waals surface area contributed by atoms with Gasteiger partial charge in [0.2, 0.25) is 0 Å². The summed E-state index contributed by atoms with van der Waals surface area (Å²) in [7, 11) is -8.52. The minimum absolute atomic E-state index is 0.131. The van der Waals surface area contributed by atoms with Gasteiger partial charge in [0.05, 0.1) is 0 Å². The average molecular weight is 580 g/mol. The molecule has 0 aliphatic carbocycles. The number of hydrazine groups is 1. The van der Waals surface area contributed by atoms with Crippen LogP contribution < -0.4 is 24.8 Å². The Bertz CT molecular complexity index is 982. The van der Waals surface area contributed by atoms with Crippen molar-refractivity contribution in [2.24, 2.45) is 0 Å². The van der Waals surface area contributed by atoms with Crippen LogP contribution in [0.4, 0.5) is 32.6 Å². The molecule has 0 aliphatic rings. The van der Waals surface area contributed by atoms with Crippen LogP contribution in [-0.4, -0.2) is 25.8 Å². The number of halogens is 5. The van der Waals surface area contributed by atoms with Crippen LogP contribution in [0.2, 0.25) is 0 Å². The molecule has 5 nitrogen and oxygen atoms in total. The van der Waals surface area contributed by atoms with E-state index in [-0.39, 0.29) is 18.4 Å². The summed E-state index contributed by atoms with van der Waals surface area (Å²) >= 11 is 0. The van der Waals surface area contributed by atoms with Crippen molar-refractivity contribution in [1.82, 2.24) is 5.65 Å². The van der Waals surface area contributed by atoms with Gasteiger partial charge in [-0.15, -0.1) is 0 Å². The van der Waals surface area contributed by atoms with Gasteiger partial charge in [-0.2, -0.15) is 0 Å². The Kier molecular flexibility index (Phi) is 13.0. The van der Waals surface area contributed by atoms with Gasteiger partial charge in [-0.25, -0.2) is 0 Å². The number of nitrogens with zero attached hydrogens (tertiary/aromatic N) is 2. The predicted molar refractivity (Wildman–Crippen MR) is 152 cm³/mol. The molecule has 1 unspecified atom stereocenters. The molecule has 2 rings (SSSR count). The maximum atomic E-state index is 13.7. The Morgan fingerprint density at radius 2 is 1.49 bits per heavy atom. The number of aryl methyl sites for hydroxylation is 1. The molecule has 2 aromatic rings. The van der Waals surface area contributed by atoms with E-state index < -0.39 is 18.5 Å². The molecular formula is C28H43F5N3O2P. The first kappa shape index (κ1) is 32.9. The number of hydrogen-bond acceptors (Lipinski definition) is 5. The van der Waals surface area contributed by atoms with E-state index in [9.17, 15) is 21.3 Å². The van der Waals surface area contributed by atoms with Crippen LogP contribution in [0.1, 0.15) is 77.7 Å². The average Bonchev–Trinajstić information content (AvgIpc) is 2.88. The Hall–Kier alpha value is -2.32. The summed E-state index contributed by atoms with van der Waals surface area (Å²) in [5.41, 5.74) is 1.44. The summed E-state index contributed by atoms with van der Waals surface area (Å²) in [5.74, 6) is 0.483. The quantitative estimate of drug-likeness (QED) is 0.0589. The van der Waals surface area contributed by atoms with Crippen molar-refractivity contribution in [3.8, 4) is 11.5 Å². The van der Waals surface area contributed by atoms with Gasteiger partial charge in [-0.05, 0) is 6.92 Å². The molecule has 1 atom stereocenters. The predicted octanol–water partition coefficient (Wildman–Crippen LogP) is 10.0. The van der Waals surface area contributed by atoms with Gasteiger partial charge in [-0.3, -0.25) is 0 Å². The summed E-state index contributed by atoms with van der Waals surface area (Å²) in [6.07, 6.45) is 7.39. The van der Waals surface area contributed by atoms with Gasteiger partial charge in [0, 0.05) is 0 Å². The van der Waals surface area contributed by atoms with E-state index in [1.165, 1.54) is 12.1 Å². The second-order valence-corrected chi connectivity index (χ2v) is 11.6. The fourth-order valence-electron chi connectivity index (χ4n) is 4.20. The third-order valence-electron chi connectivity index (χ3n) is 6.44.